The van der Waals surface area contributed by atoms with Crippen molar-refractivity contribution in [2.24, 2.45) is 0 Å². The Morgan fingerprint density at radius 2 is 1.59 bits per heavy atom. The van der Waals surface area contributed by atoms with Crippen LogP contribution >= 0.6 is 0 Å². The largest absolute Gasteiger partial charge is 0.385 e. The first-order chi connectivity index (χ1) is 18.9. The number of hydrogen-bond acceptors (Lipinski definition) is 7. The molecule has 0 bridgehead atoms. The number of carbonyl (C=O) groups is 4. The summed E-state index contributed by atoms with van der Waals surface area (Å²) >= 11 is 0. The highest BCUT2D eigenvalue weighted by molar-refractivity contribution is 6.05. The maximum Gasteiger partial charge on any atom is 0.255 e. The third kappa shape index (κ3) is 7.79. The lowest BCUT2D eigenvalue weighted by Crippen LogP contribution is -2.52. The molecule has 10 nitrogen and oxygen atoms in total. The molecular weight excluding hydrogens is 500 g/mol. The van der Waals surface area contributed by atoms with Gasteiger partial charge in [0.05, 0.1) is 12.2 Å². The fourth-order valence-electron chi connectivity index (χ4n) is 5.40. The van der Waals surface area contributed by atoms with Crippen molar-refractivity contribution >= 4 is 29.8 Å². The predicted molar refractivity (Wildman–Crippen MR) is 148 cm³/mol. The predicted octanol–water partition coefficient (Wildman–Crippen LogP) is 2.73. The number of rotatable bonds is 6. The number of hydrogen-bond donors (Lipinski definition) is 1. The lowest BCUT2D eigenvalue weighted by molar-refractivity contribution is -0.137. The van der Waals surface area contributed by atoms with Crippen molar-refractivity contribution in [2.45, 2.75) is 84.1 Å². The zero-order valence-corrected chi connectivity index (χ0v) is 23.8. The van der Waals surface area contributed by atoms with Crippen molar-refractivity contribution in [3.05, 3.63) is 29.3 Å². The summed E-state index contributed by atoms with van der Waals surface area (Å²) in [7, 11) is 1.68. The summed E-state index contributed by atoms with van der Waals surface area (Å²) in [5, 5.41) is 2.35. The van der Waals surface area contributed by atoms with Crippen LogP contribution in [0, 0.1) is 0 Å². The monoisotopic (exact) mass is 544 g/mol. The van der Waals surface area contributed by atoms with Gasteiger partial charge in [0.2, 0.25) is 18.2 Å². The molecule has 4 aliphatic rings. The van der Waals surface area contributed by atoms with Crippen LogP contribution in [0.1, 0.15) is 75.2 Å². The van der Waals surface area contributed by atoms with Crippen LogP contribution in [-0.4, -0.2) is 92.1 Å². The van der Waals surface area contributed by atoms with Gasteiger partial charge < -0.3 is 24.2 Å². The molecule has 1 aromatic carbocycles. The van der Waals surface area contributed by atoms with Gasteiger partial charge in [0.15, 0.2) is 0 Å². The number of imide groups is 1. The highest BCUT2D eigenvalue weighted by Gasteiger charge is 2.39. The van der Waals surface area contributed by atoms with Crippen LogP contribution < -0.4 is 10.2 Å². The number of piperidine rings is 3. The molecule has 216 valence electrons. The number of ether oxygens (including phenoxy) is 2. The van der Waals surface area contributed by atoms with E-state index in [0.29, 0.717) is 18.5 Å². The third-order valence-corrected chi connectivity index (χ3v) is 7.61. The molecule has 5 rings (SSSR count). The van der Waals surface area contributed by atoms with Gasteiger partial charge in [-0.15, -0.1) is 0 Å². The number of likely N-dealkylation sites (tertiary alicyclic amines) is 1. The molecule has 0 radical (unpaired) electrons. The quantitative estimate of drug-likeness (QED) is 0.433. The number of benzene rings is 1. The molecule has 10 heteroatoms. The molecule has 1 aromatic rings. The Labute approximate surface area is 232 Å². The Bertz CT molecular complexity index is 984. The van der Waals surface area contributed by atoms with Crippen LogP contribution in [0.5, 0.6) is 0 Å². The molecule has 4 heterocycles. The molecule has 3 fully saturated rings. The van der Waals surface area contributed by atoms with Crippen LogP contribution in [0.3, 0.4) is 0 Å². The summed E-state index contributed by atoms with van der Waals surface area (Å²) in [4.78, 5) is 53.2. The summed E-state index contributed by atoms with van der Waals surface area (Å²) < 4.78 is 10.9. The number of nitrogens with one attached hydrogen (secondary N) is 1. The van der Waals surface area contributed by atoms with E-state index in [-0.39, 0.29) is 36.4 Å². The van der Waals surface area contributed by atoms with Gasteiger partial charge in [0.25, 0.3) is 5.91 Å². The number of methoxy groups -OCH3 is 1. The van der Waals surface area contributed by atoms with E-state index >= 15 is 0 Å². The van der Waals surface area contributed by atoms with E-state index in [2.05, 4.69) is 21.0 Å². The number of anilines is 1. The van der Waals surface area contributed by atoms with E-state index in [1.54, 1.807) is 12.0 Å². The highest BCUT2D eigenvalue weighted by Crippen LogP contribution is 2.32. The van der Waals surface area contributed by atoms with E-state index in [9.17, 15) is 19.2 Å². The summed E-state index contributed by atoms with van der Waals surface area (Å²) in [6.07, 6.45) is 5.74. The molecule has 0 spiro atoms. The number of carbonyl (C=O) groups excluding carboxylic acids is 4. The van der Waals surface area contributed by atoms with Crippen molar-refractivity contribution in [3.63, 3.8) is 0 Å². The van der Waals surface area contributed by atoms with Crippen LogP contribution in [-0.2, 0) is 30.4 Å². The van der Waals surface area contributed by atoms with Gasteiger partial charge in [-0.05, 0) is 62.8 Å². The number of amides is 4. The maximum atomic E-state index is 12.9. The summed E-state index contributed by atoms with van der Waals surface area (Å²) in [5.74, 6) is -0.799. The first-order valence-electron chi connectivity index (χ1n) is 14.3. The normalized spacial score (nSPS) is 21.9. The highest BCUT2D eigenvalue weighted by atomic mass is 16.5. The Morgan fingerprint density at radius 1 is 0.974 bits per heavy atom. The summed E-state index contributed by atoms with van der Waals surface area (Å²) in [5.41, 5.74) is 2.66. The second kappa shape index (κ2) is 15.0. The van der Waals surface area contributed by atoms with Crippen molar-refractivity contribution in [2.75, 3.05) is 44.8 Å². The molecule has 0 aromatic heterocycles. The molecule has 4 aliphatic heterocycles. The Balaban J connectivity index is 0.000000644. The van der Waals surface area contributed by atoms with Gasteiger partial charge in [-0.1, -0.05) is 13.8 Å². The third-order valence-electron chi connectivity index (χ3n) is 7.61. The molecule has 0 aliphatic carbocycles. The van der Waals surface area contributed by atoms with Gasteiger partial charge in [-0.3, -0.25) is 24.5 Å². The second-order valence-electron chi connectivity index (χ2n) is 9.98. The molecule has 4 amide bonds. The van der Waals surface area contributed by atoms with Crippen molar-refractivity contribution < 1.29 is 28.7 Å². The average Bonchev–Trinajstić information content (AvgIpc) is 3.30. The Hall–Kier alpha value is -2.98. The van der Waals surface area contributed by atoms with Gasteiger partial charge in [-0.2, -0.15) is 0 Å². The standard InChI is InChI=1S/C24H30N4O5.C3H8O.C2H6/c29-15-26-9-5-18(6-10-26)33-19-7-11-27(12-8-19)17-1-2-20-16(13-17)14-28(24(20)32)21-3-4-22(30)25-23(21)31;1-3-4-2;1-2/h1-2,13,15,18-19,21H,3-12,14H2,(H,25,30,31);3H2,1-2H3;1-2H3. The zero-order valence-electron chi connectivity index (χ0n) is 23.8. The first-order valence-corrected chi connectivity index (χ1v) is 14.3. The number of nitrogens with zero attached hydrogens (tertiary/aromatic N) is 3. The first kappa shape index (κ1) is 30.6. The average molecular weight is 545 g/mol. The fourth-order valence-corrected chi connectivity index (χ4v) is 5.40. The smallest absolute Gasteiger partial charge is 0.255 e. The Morgan fingerprint density at radius 3 is 2.15 bits per heavy atom. The van der Waals surface area contributed by atoms with E-state index in [1.807, 2.05) is 37.8 Å². The molecule has 0 saturated carbocycles. The van der Waals surface area contributed by atoms with Crippen LogP contribution in [0.15, 0.2) is 18.2 Å². The van der Waals surface area contributed by atoms with E-state index < -0.39 is 6.04 Å². The second-order valence-corrected chi connectivity index (χ2v) is 9.98. The molecule has 39 heavy (non-hydrogen) atoms. The van der Waals surface area contributed by atoms with Crippen LogP contribution in [0.2, 0.25) is 0 Å². The molecule has 1 atom stereocenters. The fraction of sp³-hybridized carbons (Fsp3) is 0.655. The van der Waals surface area contributed by atoms with Crippen molar-refractivity contribution in [3.8, 4) is 0 Å². The minimum atomic E-state index is -0.586. The van der Waals surface area contributed by atoms with Gasteiger partial charge in [0, 0.05) is 64.1 Å². The molecule has 3 saturated heterocycles. The lowest BCUT2D eigenvalue weighted by Gasteiger charge is -2.37. The maximum absolute atomic E-state index is 12.9. The van der Waals surface area contributed by atoms with E-state index in [4.69, 9.17) is 4.74 Å². The summed E-state index contributed by atoms with van der Waals surface area (Å²) in [6.45, 7) is 10.5. The number of fused-ring (bicyclic) bond motifs is 1. The SMILES string of the molecule is CC.CCOC.O=CN1CCC(OC2CCN(c3ccc4c(c3)CN(C3CCC(=O)NC3=O)C4=O)CC2)CC1. The van der Waals surface area contributed by atoms with Crippen molar-refractivity contribution in [1.82, 2.24) is 15.1 Å². The van der Waals surface area contributed by atoms with E-state index in [0.717, 1.165) is 76.1 Å². The topological polar surface area (TPSA) is 108 Å². The zero-order chi connectivity index (χ0) is 28.4. The summed E-state index contributed by atoms with van der Waals surface area (Å²) in [6, 6.07) is 5.33. The molecule has 1 unspecified atom stereocenters. The molecular formula is C29H44N4O6. The molecule has 1 N–H and O–H groups in total. The van der Waals surface area contributed by atoms with E-state index in [1.165, 1.54) is 0 Å². The minimum Gasteiger partial charge on any atom is -0.385 e. The van der Waals surface area contributed by atoms with Gasteiger partial charge in [-0.25, -0.2) is 0 Å². The van der Waals surface area contributed by atoms with Crippen LogP contribution in [0.25, 0.3) is 0 Å². The van der Waals surface area contributed by atoms with Crippen molar-refractivity contribution in [1.29, 1.82) is 0 Å². The van der Waals surface area contributed by atoms with Crippen LogP contribution in [0.4, 0.5) is 5.69 Å². The van der Waals surface area contributed by atoms with Gasteiger partial charge in [0.1, 0.15) is 6.04 Å². The minimum absolute atomic E-state index is 0.140. The lowest BCUT2D eigenvalue weighted by atomic mass is 10.0. The Kier molecular flexibility index (Phi) is 11.7. The van der Waals surface area contributed by atoms with Gasteiger partial charge >= 0.3 is 0 Å².